The molecule has 0 amide bonds. The van der Waals surface area contributed by atoms with Gasteiger partial charge in [0, 0.05) is 16.5 Å². The molecule has 0 aliphatic carbocycles. The predicted molar refractivity (Wildman–Crippen MR) is 82.1 cm³/mol. The van der Waals surface area contributed by atoms with Crippen LogP contribution in [-0.2, 0) is 17.1 Å². The van der Waals surface area contributed by atoms with Crippen molar-refractivity contribution in [2.45, 2.75) is 37.8 Å². The Morgan fingerprint density at radius 2 is 1.73 bits per heavy atom. The first-order chi connectivity index (χ1) is 11.7. The molecule has 0 bridgehead atoms. The SMILES string of the molecule is COC(=O)c1sc2ccc(CC(C)(F)F)cc2c1C(F)(F)CC(F)(F)F. The van der Waals surface area contributed by atoms with Crippen LogP contribution >= 0.6 is 11.3 Å². The van der Waals surface area contributed by atoms with Crippen molar-refractivity contribution in [2.24, 2.45) is 0 Å². The number of carbonyl (C=O) groups excluding carboxylic acids is 1. The summed E-state index contributed by atoms with van der Waals surface area (Å²) >= 11 is 0.527. The van der Waals surface area contributed by atoms with E-state index in [0.717, 1.165) is 13.2 Å². The first-order valence-electron chi connectivity index (χ1n) is 7.20. The standard InChI is InChI=1S/C16H13F7O2S/c1-14(17,18)6-8-3-4-10-9(5-8)11(12(26-10)13(24)25-2)15(19,20)7-16(21,22)23/h3-5H,6-7H2,1-2H3. The summed E-state index contributed by atoms with van der Waals surface area (Å²) in [5.74, 6) is -8.78. The van der Waals surface area contributed by atoms with Crippen molar-refractivity contribution in [3.63, 3.8) is 0 Å². The Bertz CT molecular complexity index is 818. The highest BCUT2D eigenvalue weighted by Crippen LogP contribution is 2.47. The number of halogens is 7. The molecule has 26 heavy (non-hydrogen) atoms. The molecular formula is C16H13F7O2S. The van der Waals surface area contributed by atoms with Crippen LogP contribution in [0.2, 0.25) is 0 Å². The Kier molecular flexibility index (Phi) is 5.29. The van der Waals surface area contributed by atoms with Crippen molar-refractivity contribution in [1.82, 2.24) is 0 Å². The average molecular weight is 402 g/mol. The lowest BCUT2D eigenvalue weighted by atomic mass is 9.98. The third-order valence-electron chi connectivity index (χ3n) is 3.43. The number of alkyl halides is 7. The van der Waals surface area contributed by atoms with Crippen molar-refractivity contribution in [3.8, 4) is 0 Å². The topological polar surface area (TPSA) is 26.3 Å². The van der Waals surface area contributed by atoms with Crippen LogP contribution in [0.15, 0.2) is 18.2 Å². The number of carbonyl (C=O) groups is 1. The lowest BCUT2D eigenvalue weighted by molar-refractivity contribution is -0.190. The maximum Gasteiger partial charge on any atom is 0.395 e. The van der Waals surface area contributed by atoms with Crippen LogP contribution in [0.3, 0.4) is 0 Å². The fourth-order valence-electron chi connectivity index (χ4n) is 2.55. The minimum absolute atomic E-state index is 0.0386. The van der Waals surface area contributed by atoms with E-state index in [1.807, 2.05) is 0 Å². The summed E-state index contributed by atoms with van der Waals surface area (Å²) in [6.07, 6.45) is -8.46. The number of ether oxygens (including phenoxy) is 1. The molecule has 0 aliphatic rings. The number of esters is 1. The lowest BCUT2D eigenvalue weighted by Crippen LogP contribution is -2.25. The molecule has 0 unspecified atom stereocenters. The van der Waals surface area contributed by atoms with Gasteiger partial charge in [0.05, 0.1) is 12.7 Å². The Hall–Kier alpha value is -1.84. The highest BCUT2D eigenvalue weighted by atomic mass is 32.1. The zero-order chi connectivity index (χ0) is 19.9. The summed E-state index contributed by atoms with van der Waals surface area (Å²) in [6.45, 7) is 0.629. The third kappa shape index (κ3) is 4.66. The minimum atomic E-state index is -5.20. The van der Waals surface area contributed by atoms with E-state index in [9.17, 15) is 35.5 Å². The molecule has 0 atom stereocenters. The van der Waals surface area contributed by atoms with E-state index < -0.39 is 47.3 Å². The van der Waals surface area contributed by atoms with Gasteiger partial charge in [-0.15, -0.1) is 11.3 Å². The molecule has 1 heterocycles. The largest absolute Gasteiger partial charge is 0.465 e. The summed E-state index contributed by atoms with van der Waals surface area (Å²) in [5, 5.41) is -0.369. The number of fused-ring (bicyclic) bond motifs is 1. The molecule has 0 radical (unpaired) electrons. The zero-order valence-corrected chi connectivity index (χ0v) is 14.3. The van der Waals surface area contributed by atoms with Gasteiger partial charge < -0.3 is 4.74 Å². The van der Waals surface area contributed by atoms with Gasteiger partial charge >= 0.3 is 12.1 Å². The van der Waals surface area contributed by atoms with Crippen LogP contribution in [-0.4, -0.2) is 25.2 Å². The molecule has 0 spiro atoms. The first kappa shape index (κ1) is 20.5. The normalized spacial score (nSPS) is 13.3. The van der Waals surface area contributed by atoms with Crippen LogP contribution < -0.4 is 0 Å². The molecule has 2 aromatic rings. The highest BCUT2D eigenvalue weighted by Gasteiger charge is 2.48. The smallest absolute Gasteiger partial charge is 0.395 e. The average Bonchev–Trinajstić information content (AvgIpc) is 2.81. The molecule has 144 valence electrons. The zero-order valence-electron chi connectivity index (χ0n) is 13.5. The second kappa shape index (κ2) is 6.71. The van der Waals surface area contributed by atoms with Crippen molar-refractivity contribution in [3.05, 3.63) is 34.2 Å². The number of rotatable bonds is 5. The summed E-state index contributed by atoms with van der Waals surface area (Å²) in [6, 6.07) is 3.44. The summed E-state index contributed by atoms with van der Waals surface area (Å²) in [5.41, 5.74) is -1.19. The molecule has 0 N–H and O–H groups in total. The van der Waals surface area contributed by atoms with Crippen molar-refractivity contribution in [2.75, 3.05) is 7.11 Å². The fraction of sp³-hybridized carbons (Fsp3) is 0.438. The number of methoxy groups -OCH3 is 1. The van der Waals surface area contributed by atoms with Crippen LogP contribution in [0, 0.1) is 0 Å². The Balaban J connectivity index is 2.69. The molecule has 2 nitrogen and oxygen atoms in total. The van der Waals surface area contributed by atoms with Crippen molar-refractivity contribution in [1.29, 1.82) is 0 Å². The molecule has 10 heteroatoms. The van der Waals surface area contributed by atoms with Gasteiger partial charge in [0.1, 0.15) is 11.3 Å². The van der Waals surface area contributed by atoms with E-state index in [2.05, 4.69) is 4.74 Å². The Morgan fingerprint density at radius 3 is 2.23 bits per heavy atom. The van der Waals surface area contributed by atoms with Crippen molar-refractivity contribution >= 4 is 27.4 Å². The summed E-state index contributed by atoms with van der Waals surface area (Å²) in [4.78, 5) is 11.1. The van der Waals surface area contributed by atoms with E-state index in [4.69, 9.17) is 0 Å². The van der Waals surface area contributed by atoms with Crippen LogP contribution in [0.5, 0.6) is 0 Å². The number of benzene rings is 1. The molecule has 0 saturated heterocycles. The van der Waals surface area contributed by atoms with E-state index in [0.29, 0.717) is 18.3 Å². The monoisotopic (exact) mass is 402 g/mol. The van der Waals surface area contributed by atoms with Gasteiger partial charge in [0.25, 0.3) is 5.92 Å². The number of hydrogen-bond acceptors (Lipinski definition) is 3. The van der Waals surface area contributed by atoms with E-state index >= 15 is 0 Å². The van der Waals surface area contributed by atoms with Crippen molar-refractivity contribution < 1.29 is 40.3 Å². The van der Waals surface area contributed by atoms with Gasteiger partial charge in [-0.05, 0) is 24.6 Å². The molecular weight excluding hydrogens is 389 g/mol. The van der Waals surface area contributed by atoms with E-state index in [-0.39, 0.29) is 15.6 Å². The lowest BCUT2D eigenvalue weighted by Gasteiger charge is -2.19. The summed E-state index contributed by atoms with van der Waals surface area (Å²) in [7, 11) is 0.904. The maximum atomic E-state index is 14.4. The molecule has 2 rings (SSSR count). The number of hydrogen-bond donors (Lipinski definition) is 0. The van der Waals surface area contributed by atoms with Gasteiger partial charge in [-0.1, -0.05) is 6.07 Å². The number of thiophene rings is 1. The molecule has 1 aromatic heterocycles. The molecule has 0 aliphatic heterocycles. The second-order valence-electron chi connectivity index (χ2n) is 5.87. The van der Waals surface area contributed by atoms with E-state index in [1.54, 1.807) is 0 Å². The third-order valence-corrected chi connectivity index (χ3v) is 4.58. The van der Waals surface area contributed by atoms with Gasteiger partial charge in [0.15, 0.2) is 0 Å². The molecule has 1 aromatic carbocycles. The van der Waals surface area contributed by atoms with Gasteiger partial charge in [0.2, 0.25) is 5.92 Å². The maximum absolute atomic E-state index is 14.4. The quantitative estimate of drug-likeness (QED) is 0.458. The molecule has 0 saturated carbocycles. The molecule has 0 fully saturated rings. The van der Waals surface area contributed by atoms with Crippen LogP contribution in [0.1, 0.15) is 34.1 Å². The van der Waals surface area contributed by atoms with Crippen LogP contribution in [0.4, 0.5) is 30.7 Å². The van der Waals surface area contributed by atoms with Gasteiger partial charge in [-0.3, -0.25) is 0 Å². The Labute approximate surface area is 147 Å². The van der Waals surface area contributed by atoms with Crippen LogP contribution in [0.25, 0.3) is 10.1 Å². The second-order valence-corrected chi connectivity index (χ2v) is 6.92. The summed E-state index contributed by atoms with van der Waals surface area (Å²) < 4.78 is 97.3. The van der Waals surface area contributed by atoms with Gasteiger partial charge in [-0.2, -0.15) is 13.2 Å². The van der Waals surface area contributed by atoms with Gasteiger partial charge in [-0.25, -0.2) is 22.4 Å². The predicted octanol–water partition coefficient (Wildman–Crippen LogP) is 5.93. The fourth-order valence-corrected chi connectivity index (χ4v) is 3.71. The Morgan fingerprint density at radius 1 is 1.12 bits per heavy atom. The minimum Gasteiger partial charge on any atom is -0.465 e. The highest BCUT2D eigenvalue weighted by molar-refractivity contribution is 7.21. The first-order valence-corrected chi connectivity index (χ1v) is 8.02. The van der Waals surface area contributed by atoms with E-state index in [1.165, 1.54) is 12.1 Å².